The molecule has 0 saturated carbocycles. The lowest BCUT2D eigenvalue weighted by atomic mass is 10.1. The smallest absolute Gasteiger partial charge is 0.234 e. The number of halogens is 2. The highest BCUT2D eigenvalue weighted by molar-refractivity contribution is 8.00. The molecule has 0 saturated heterocycles. The van der Waals surface area contributed by atoms with E-state index < -0.39 is 11.6 Å². The minimum atomic E-state index is -0.940. The predicted octanol–water partition coefficient (Wildman–Crippen LogP) is 4.06. The van der Waals surface area contributed by atoms with Gasteiger partial charge < -0.3 is 10.2 Å². The Bertz CT molecular complexity index is 799. The zero-order valence-electron chi connectivity index (χ0n) is 14.6. The molecular weight excluding hydrogens is 358 g/mol. The fraction of sp³-hybridized carbons (Fsp3) is 0.263. The molecule has 0 atom stereocenters. The van der Waals surface area contributed by atoms with Gasteiger partial charge in [-0.05, 0) is 36.8 Å². The van der Waals surface area contributed by atoms with E-state index in [-0.39, 0.29) is 17.6 Å². The summed E-state index contributed by atoms with van der Waals surface area (Å²) in [5.41, 5.74) is 1.46. The molecule has 0 spiro atoms. The molecule has 2 rings (SSSR count). The summed E-state index contributed by atoms with van der Waals surface area (Å²) in [5, 5.41) is 2.81. The van der Waals surface area contributed by atoms with Crippen LogP contribution in [-0.4, -0.2) is 29.0 Å². The average molecular weight is 378 g/mol. The topological polar surface area (TPSA) is 49.4 Å². The lowest BCUT2D eigenvalue weighted by molar-refractivity contribution is -0.129. The van der Waals surface area contributed by atoms with Crippen LogP contribution < -0.4 is 5.32 Å². The molecule has 7 heteroatoms. The number of carbonyl (C=O) groups excluding carboxylic acids is 2. The van der Waals surface area contributed by atoms with Gasteiger partial charge in [0.25, 0.3) is 0 Å². The summed E-state index contributed by atoms with van der Waals surface area (Å²) >= 11 is 1.12. The number of hydrogen-bond donors (Lipinski definition) is 1. The summed E-state index contributed by atoms with van der Waals surface area (Å²) in [5.74, 6) is -2.10. The first-order chi connectivity index (χ1) is 12.4. The SMILES string of the molecule is CCN(Cc1ccccc1NC(=O)CSc1ccc(F)c(F)c1)C(C)=O. The standard InChI is InChI=1S/C19H20F2N2O2S/c1-3-23(13(2)24)11-14-6-4-5-7-18(14)22-19(25)12-26-15-8-9-16(20)17(21)10-15/h4-10H,3,11-12H2,1-2H3,(H,22,25). The van der Waals surface area contributed by atoms with E-state index >= 15 is 0 Å². The number of nitrogens with one attached hydrogen (secondary N) is 1. The number of anilines is 1. The van der Waals surface area contributed by atoms with Crippen LogP contribution in [0.1, 0.15) is 19.4 Å². The van der Waals surface area contributed by atoms with E-state index in [4.69, 9.17) is 0 Å². The molecule has 1 N–H and O–H groups in total. The van der Waals surface area contributed by atoms with Crippen molar-refractivity contribution in [2.75, 3.05) is 17.6 Å². The second-order valence-corrected chi connectivity index (χ2v) is 6.65. The summed E-state index contributed by atoms with van der Waals surface area (Å²) in [6, 6.07) is 10.8. The molecule has 0 aliphatic carbocycles. The molecule has 138 valence electrons. The number of nitrogens with zero attached hydrogens (tertiary/aromatic N) is 1. The highest BCUT2D eigenvalue weighted by atomic mass is 32.2. The summed E-state index contributed by atoms with van der Waals surface area (Å²) in [6.07, 6.45) is 0. The third-order valence-electron chi connectivity index (χ3n) is 3.74. The highest BCUT2D eigenvalue weighted by Crippen LogP contribution is 2.22. The Balaban J connectivity index is 2.00. The first-order valence-electron chi connectivity index (χ1n) is 8.11. The highest BCUT2D eigenvalue weighted by Gasteiger charge is 2.12. The molecule has 0 fully saturated rings. The van der Waals surface area contributed by atoms with E-state index in [1.165, 1.54) is 13.0 Å². The van der Waals surface area contributed by atoms with E-state index in [0.717, 1.165) is 29.5 Å². The Morgan fingerprint density at radius 2 is 1.85 bits per heavy atom. The van der Waals surface area contributed by atoms with Crippen LogP contribution in [-0.2, 0) is 16.1 Å². The molecular formula is C19H20F2N2O2S. The van der Waals surface area contributed by atoms with Crippen LogP contribution in [0, 0.1) is 11.6 Å². The fourth-order valence-corrected chi connectivity index (χ4v) is 3.05. The molecule has 0 unspecified atom stereocenters. The van der Waals surface area contributed by atoms with Gasteiger partial charge in [0.1, 0.15) is 0 Å². The summed E-state index contributed by atoms with van der Waals surface area (Å²) in [6.45, 7) is 4.37. The van der Waals surface area contributed by atoms with Crippen molar-refractivity contribution in [3.8, 4) is 0 Å². The van der Waals surface area contributed by atoms with Crippen molar-refractivity contribution in [3.63, 3.8) is 0 Å². The molecule has 2 aromatic rings. The quantitative estimate of drug-likeness (QED) is 0.739. The number of thioether (sulfide) groups is 1. The largest absolute Gasteiger partial charge is 0.339 e. The number of amides is 2. The van der Waals surface area contributed by atoms with Gasteiger partial charge in [0.15, 0.2) is 11.6 Å². The van der Waals surface area contributed by atoms with Crippen molar-refractivity contribution in [3.05, 3.63) is 59.7 Å². The van der Waals surface area contributed by atoms with Gasteiger partial charge in [-0.2, -0.15) is 0 Å². The number of rotatable bonds is 7. The van der Waals surface area contributed by atoms with Crippen molar-refractivity contribution in [1.29, 1.82) is 0 Å². The lowest BCUT2D eigenvalue weighted by Gasteiger charge is -2.21. The summed E-state index contributed by atoms with van der Waals surface area (Å²) in [7, 11) is 0. The van der Waals surface area contributed by atoms with Crippen LogP contribution in [0.3, 0.4) is 0 Å². The maximum absolute atomic E-state index is 13.2. The van der Waals surface area contributed by atoms with Crippen LogP contribution in [0.25, 0.3) is 0 Å². The van der Waals surface area contributed by atoms with Gasteiger partial charge in [0, 0.05) is 30.6 Å². The van der Waals surface area contributed by atoms with E-state index in [9.17, 15) is 18.4 Å². The van der Waals surface area contributed by atoms with Gasteiger partial charge in [-0.1, -0.05) is 18.2 Å². The third-order valence-corrected chi connectivity index (χ3v) is 4.73. The van der Waals surface area contributed by atoms with Crippen LogP contribution in [0.2, 0.25) is 0 Å². The first-order valence-corrected chi connectivity index (χ1v) is 9.10. The Morgan fingerprint density at radius 1 is 1.12 bits per heavy atom. The van der Waals surface area contributed by atoms with Crippen molar-refractivity contribution in [2.24, 2.45) is 0 Å². The lowest BCUT2D eigenvalue weighted by Crippen LogP contribution is -2.28. The number of hydrogen-bond acceptors (Lipinski definition) is 3. The molecule has 26 heavy (non-hydrogen) atoms. The number of benzene rings is 2. The molecule has 0 aliphatic rings. The molecule has 0 heterocycles. The van der Waals surface area contributed by atoms with Gasteiger partial charge in [-0.3, -0.25) is 9.59 Å². The van der Waals surface area contributed by atoms with Crippen LogP contribution in [0.15, 0.2) is 47.4 Å². The minimum absolute atomic E-state index is 0.0393. The zero-order chi connectivity index (χ0) is 19.1. The van der Waals surface area contributed by atoms with Gasteiger partial charge in [0.2, 0.25) is 11.8 Å². The summed E-state index contributed by atoms with van der Waals surface area (Å²) < 4.78 is 26.1. The maximum atomic E-state index is 13.2. The van der Waals surface area contributed by atoms with Gasteiger partial charge in [-0.25, -0.2) is 8.78 Å². The number of carbonyl (C=O) groups is 2. The second-order valence-electron chi connectivity index (χ2n) is 5.60. The average Bonchev–Trinajstić information content (AvgIpc) is 2.61. The molecule has 0 aliphatic heterocycles. The maximum Gasteiger partial charge on any atom is 0.234 e. The predicted molar refractivity (Wildman–Crippen MR) is 98.9 cm³/mol. The van der Waals surface area contributed by atoms with Crippen LogP contribution in [0.5, 0.6) is 0 Å². The van der Waals surface area contributed by atoms with Crippen LogP contribution in [0.4, 0.5) is 14.5 Å². The zero-order valence-corrected chi connectivity index (χ0v) is 15.4. The van der Waals surface area contributed by atoms with Gasteiger partial charge in [-0.15, -0.1) is 11.8 Å². The number of para-hydroxylation sites is 1. The van der Waals surface area contributed by atoms with Crippen molar-refractivity contribution < 1.29 is 18.4 Å². The molecule has 0 bridgehead atoms. The molecule has 2 amide bonds. The Kier molecular flexibility index (Phi) is 7.15. The van der Waals surface area contributed by atoms with Crippen LogP contribution >= 0.6 is 11.8 Å². The van der Waals surface area contributed by atoms with Crippen molar-refractivity contribution in [1.82, 2.24) is 4.90 Å². The molecule has 2 aromatic carbocycles. The first kappa shape index (κ1) is 19.9. The van der Waals surface area contributed by atoms with E-state index in [0.29, 0.717) is 23.7 Å². The van der Waals surface area contributed by atoms with Gasteiger partial charge >= 0.3 is 0 Å². The second kappa shape index (κ2) is 9.33. The Labute approximate surface area is 155 Å². The fourth-order valence-electron chi connectivity index (χ4n) is 2.33. The Hall–Kier alpha value is -2.41. The molecule has 0 aromatic heterocycles. The third kappa shape index (κ3) is 5.56. The Morgan fingerprint density at radius 3 is 2.50 bits per heavy atom. The van der Waals surface area contributed by atoms with Crippen molar-refractivity contribution >= 4 is 29.3 Å². The van der Waals surface area contributed by atoms with Crippen molar-refractivity contribution in [2.45, 2.75) is 25.3 Å². The van der Waals surface area contributed by atoms with E-state index in [1.54, 1.807) is 17.0 Å². The monoisotopic (exact) mass is 378 g/mol. The van der Waals surface area contributed by atoms with Gasteiger partial charge in [0.05, 0.1) is 5.75 Å². The summed E-state index contributed by atoms with van der Waals surface area (Å²) in [4.78, 5) is 25.9. The minimum Gasteiger partial charge on any atom is -0.339 e. The normalized spacial score (nSPS) is 10.5. The van der Waals surface area contributed by atoms with E-state index in [1.807, 2.05) is 19.1 Å². The molecule has 0 radical (unpaired) electrons. The van der Waals surface area contributed by atoms with E-state index in [2.05, 4.69) is 5.32 Å². The molecule has 4 nitrogen and oxygen atoms in total.